The highest BCUT2D eigenvalue weighted by Gasteiger charge is 2.21. The Balaban J connectivity index is 2.44. The summed E-state index contributed by atoms with van der Waals surface area (Å²) < 4.78 is 53.3. The molecule has 0 fully saturated rings. The molecule has 4 nitrogen and oxygen atoms in total. The summed E-state index contributed by atoms with van der Waals surface area (Å²) in [6, 6.07) is 4.69. The standard InChI is InChI=1S/C12H9BrF2N2O2S/c1-7-5-8(13)10(15)6-11(7)17-20(18,19)12-9(14)3-2-4-16-12/h2-6,17H,1H3. The second-order valence-corrected chi connectivity index (χ2v) is 6.43. The first-order chi connectivity index (χ1) is 9.31. The van der Waals surface area contributed by atoms with E-state index in [1.165, 1.54) is 12.1 Å². The molecule has 0 aliphatic rings. The van der Waals surface area contributed by atoms with E-state index in [1.54, 1.807) is 6.92 Å². The summed E-state index contributed by atoms with van der Waals surface area (Å²) >= 11 is 2.99. The van der Waals surface area contributed by atoms with E-state index in [9.17, 15) is 17.2 Å². The minimum atomic E-state index is -4.21. The van der Waals surface area contributed by atoms with Gasteiger partial charge in [0.15, 0.2) is 5.82 Å². The molecule has 0 atom stereocenters. The summed E-state index contributed by atoms with van der Waals surface area (Å²) in [6.07, 6.45) is 1.16. The average molecular weight is 363 g/mol. The molecule has 0 spiro atoms. The molecule has 0 amide bonds. The van der Waals surface area contributed by atoms with E-state index in [2.05, 4.69) is 25.6 Å². The van der Waals surface area contributed by atoms with Gasteiger partial charge in [-0.2, -0.15) is 8.42 Å². The fourth-order valence-corrected chi connectivity index (χ4v) is 3.11. The smallest absolute Gasteiger partial charge is 0.278 e. The number of nitrogens with zero attached hydrogens (tertiary/aromatic N) is 1. The number of aryl methyl sites for hydroxylation is 1. The lowest BCUT2D eigenvalue weighted by Gasteiger charge is -2.11. The Bertz CT molecular complexity index is 766. The van der Waals surface area contributed by atoms with E-state index in [4.69, 9.17) is 0 Å². The third kappa shape index (κ3) is 2.96. The Hall–Kier alpha value is -1.54. The number of benzene rings is 1. The van der Waals surface area contributed by atoms with Crippen molar-refractivity contribution in [3.63, 3.8) is 0 Å². The zero-order valence-corrected chi connectivity index (χ0v) is 12.6. The summed E-state index contributed by atoms with van der Waals surface area (Å²) in [5, 5.41) is -0.734. The SMILES string of the molecule is Cc1cc(Br)c(F)cc1NS(=O)(=O)c1ncccc1F. The van der Waals surface area contributed by atoms with Gasteiger partial charge in [0.25, 0.3) is 10.0 Å². The summed E-state index contributed by atoms with van der Waals surface area (Å²) in [6.45, 7) is 1.59. The van der Waals surface area contributed by atoms with E-state index in [0.717, 1.165) is 18.3 Å². The molecule has 8 heteroatoms. The van der Waals surface area contributed by atoms with Crippen LogP contribution < -0.4 is 4.72 Å². The van der Waals surface area contributed by atoms with Crippen LogP contribution in [0, 0.1) is 18.6 Å². The van der Waals surface area contributed by atoms with Crippen LogP contribution in [0.2, 0.25) is 0 Å². The van der Waals surface area contributed by atoms with E-state index < -0.39 is 26.7 Å². The number of nitrogens with one attached hydrogen (secondary N) is 1. The summed E-state index contributed by atoms with van der Waals surface area (Å²) in [5.74, 6) is -1.61. The lowest BCUT2D eigenvalue weighted by atomic mass is 10.2. The van der Waals surface area contributed by atoms with Crippen LogP contribution in [0.15, 0.2) is 40.0 Å². The first kappa shape index (κ1) is 14.9. The van der Waals surface area contributed by atoms with Gasteiger partial charge in [0.05, 0.1) is 10.2 Å². The molecule has 2 aromatic rings. The van der Waals surface area contributed by atoms with Gasteiger partial charge in [-0.3, -0.25) is 4.72 Å². The van der Waals surface area contributed by atoms with Crippen molar-refractivity contribution in [3.8, 4) is 0 Å². The predicted octanol–water partition coefficient (Wildman–Crippen LogP) is 3.23. The van der Waals surface area contributed by atoms with Crippen LogP contribution in [-0.2, 0) is 10.0 Å². The molecular weight excluding hydrogens is 354 g/mol. The molecule has 0 saturated carbocycles. The zero-order chi connectivity index (χ0) is 14.9. The number of halogens is 3. The van der Waals surface area contributed by atoms with E-state index >= 15 is 0 Å². The Morgan fingerprint density at radius 1 is 1.25 bits per heavy atom. The zero-order valence-electron chi connectivity index (χ0n) is 10.2. The molecule has 1 N–H and O–H groups in total. The third-order valence-corrected chi connectivity index (χ3v) is 4.40. The van der Waals surface area contributed by atoms with Crippen molar-refractivity contribution in [3.05, 3.63) is 52.1 Å². The van der Waals surface area contributed by atoms with Crippen LogP contribution in [0.5, 0.6) is 0 Å². The van der Waals surface area contributed by atoms with E-state index in [-0.39, 0.29) is 10.2 Å². The summed E-state index contributed by atoms with van der Waals surface area (Å²) in [7, 11) is -4.21. The van der Waals surface area contributed by atoms with Crippen molar-refractivity contribution < 1.29 is 17.2 Å². The summed E-state index contributed by atoms with van der Waals surface area (Å²) in [4.78, 5) is 3.49. The Morgan fingerprint density at radius 2 is 1.95 bits per heavy atom. The fourth-order valence-electron chi connectivity index (χ4n) is 1.52. The highest BCUT2D eigenvalue weighted by atomic mass is 79.9. The maximum Gasteiger partial charge on any atom is 0.282 e. The second-order valence-electron chi connectivity index (χ2n) is 3.98. The van der Waals surface area contributed by atoms with E-state index in [0.29, 0.717) is 5.56 Å². The molecule has 0 saturated heterocycles. The molecule has 2 rings (SSSR count). The summed E-state index contributed by atoms with van der Waals surface area (Å²) in [5.41, 5.74) is 0.508. The lowest BCUT2D eigenvalue weighted by Crippen LogP contribution is -2.17. The third-order valence-electron chi connectivity index (χ3n) is 2.49. The van der Waals surface area contributed by atoms with Gasteiger partial charge in [0.1, 0.15) is 5.82 Å². The van der Waals surface area contributed by atoms with Gasteiger partial charge in [-0.05, 0) is 52.7 Å². The molecule has 1 aromatic heterocycles. The number of pyridine rings is 1. The van der Waals surface area contributed by atoms with Crippen LogP contribution in [-0.4, -0.2) is 13.4 Å². The highest BCUT2D eigenvalue weighted by Crippen LogP contribution is 2.26. The Kier molecular flexibility index (Phi) is 4.05. The van der Waals surface area contributed by atoms with Gasteiger partial charge in [-0.25, -0.2) is 13.8 Å². The van der Waals surface area contributed by atoms with Gasteiger partial charge in [0, 0.05) is 6.20 Å². The normalized spacial score (nSPS) is 11.4. The monoisotopic (exact) mass is 362 g/mol. The van der Waals surface area contributed by atoms with Crippen LogP contribution in [0.3, 0.4) is 0 Å². The van der Waals surface area contributed by atoms with Crippen molar-refractivity contribution in [2.45, 2.75) is 11.9 Å². The molecule has 0 bridgehead atoms. The number of aromatic nitrogens is 1. The van der Waals surface area contributed by atoms with Crippen LogP contribution in [0.4, 0.5) is 14.5 Å². The van der Waals surface area contributed by atoms with Gasteiger partial charge >= 0.3 is 0 Å². The van der Waals surface area contributed by atoms with Crippen molar-refractivity contribution >= 4 is 31.6 Å². The topological polar surface area (TPSA) is 59.1 Å². The molecule has 1 heterocycles. The molecule has 0 aliphatic heterocycles. The molecule has 0 aliphatic carbocycles. The minimum absolute atomic E-state index is 0.0238. The maximum atomic E-state index is 13.5. The van der Waals surface area contributed by atoms with Crippen molar-refractivity contribution in [1.82, 2.24) is 4.98 Å². The average Bonchev–Trinajstić information content (AvgIpc) is 2.36. The number of hydrogen-bond donors (Lipinski definition) is 1. The van der Waals surface area contributed by atoms with Crippen molar-refractivity contribution in [1.29, 1.82) is 0 Å². The molecule has 106 valence electrons. The van der Waals surface area contributed by atoms with Crippen molar-refractivity contribution in [2.75, 3.05) is 4.72 Å². The molecule has 1 aromatic carbocycles. The van der Waals surface area contributed by atoms with Gasteiger partial charge < -0.3 is 0 Å². The number of anilines is 1. The van der Waals surface area contributed by atoms with E-state index in [1.807, 2.05) is 0 Å². The number of hydrogen-bond acceptors (Lipinski definition) is 3. The first-order valence-corrected chi connectivity index (χ1v) is 7.68. The number of rotatable bonds is 3. The second kappa shape index (κ2) is 5.45. The van der Waals surface area contributed by atoms with Gasteiger partial charge in [-0.15, -0.1) is 0 Å². The molecule has 20 heavy (non-hydrogen) atoms. The Labute approximate surface area is 123 Å². The van der Waals surface area contributed by atoms with Crippen LogP contribution in [0.25, 0.3) is 0 Å². The maximum absolute atomic E-state index is 13.5. The number of sulfonamides is 1. The lowest BCUT2D eigenvalue weighted by molar-refractivity contribution is 0.556. The van der Waals surface area contributed by atoms with Gasteiger partial charge in [-0.1, -0.05) is 0 Å². The first-order valence-electron chi connectivity index (χ1n) is 5.40. The largest absolute Gasteiger partial charge is 0.282 e. The van der Waals surface area contributed by atoms with Crippen LogP contribution >= 0.6 is 15.9 Å². The highest BCUT2D eigenvalue weighted by molar-refractivity contribution is 9.10. The molecule has 0 radical (unpaired) electrons. The quantitative estimate of drug-likeness (QED) is 0.911. The van der Waals surface area contributed by atoms with Crippen molar-refractivity contribution in [2.24, 2.45) is 0 Å². The fraction of sp³-hybridized carbons (Fsp3) is 0.0833. The molecular formula is C12H9BrF2N2O2S. The predicted molar refractivity (Wildman–Crippen MR) is 73.8 cm³/mol. The molecule has 0 unspecified atom stereocenters. The Morgan fingerprint density at radius 3 is 2.60 bits per heavy atom. The minimum Gasteiger partial charge on any atom is -0.278 e. The van der Waals surface area contributed by atoms with Crippen LogP contribution in [0.1, 0.15) is 5.56 Å². The van der Waals surface area contributed by atoms with Gasteiger partial charge in [0.2, 0.25) is 5.03 Å².